The van der Waals surface area contributed by atoms with Crippen LogP contribution in [0.5, 0.6) is 0 Å². The van der Waals surface area contributed by atoms with E-state index in [1.807, 2.05) is 12.1 Å². The summed E-state index contributed by atoms with van der Waals surface area (Å²) >= 11 is 0. The number of carbonyl (C=O) groups is 1. The summed E-state index contributed by atoms with van der Waals surface area (Å²) in [6.45, 7) is 0. The summed E-state index contributed by atoms with van der Waals surface area (Å²) in [6.07, 6.45) is 5.63. The van der Waals surface area contributed by atoms with E-state index in [0.717, 1.165) is 5.92 Å². The van der Waals surface area contributed by atoms with Gasteiger partial charge in [-0.15, -0.1) is 0 Å². The second-order valence-electron chi connectivity index (χ2n) is 5.80. The zero-order valence-corrected chi connectivity index (χ0v) is 18.0. The van der Waals surface area contributed by atoms with Gasteiger partial charge >= 0.3 is 31.1 Å². The third-order valence-corrected chi connectivity index (χ3v) is 3.94. The van der Waals surface area contributed by atoms with Gasteiger partial charge in [0.15, 0.2) is 0 Å². The Morgan fingerprint density at radius 3 is 1.91 bits per heavy atom. The molecule has 1 amide bonds. The molecule has 1 aliphatic rings. The van der Waals surface area contributed by atoms with Crippen LogP contribution in [0.15, 0.2) is 48.5 Å². The van der Waals surface area contributed by atoms with Crippen LogP contribution in [0, 0.1) is 43.2 Å². The molecule has 0 spiro atoms. The third kappa shape index (κ3) is 6.53. The smallest absolute Gasteiger partial charge is 0.347 e. The normalized spacial score (nSPS) is 13.5. The van der Waals surface area contributed by atoms with Crippen molar-refractivity contribution in [3.05, 3.63) is 71.8 Å². The van der Waals surface area contributed by atoms with Crippen LogP contribution in [0.1, 0.15) is 47.5 Å². The van der Waals surface area contributed by atoms with Crippen LogP contribution in [-0.2, 0) is 0 Å². The predicted molar refractivity (Wildman–Crippen MR) is 89.8 cm³/mol. The van der Waals surface area contributed by atoms with E-state index in [2.05, 4.69) is 24.3 Å². The van der Waals surface area contributed by atoms with Crippen LogP contribution in [0.4, 0.5) is 0 Å². The molecule has 0 radical (unpaired) electrons. The molecule has 0 atom stereocenters. The molecule has 3 rings (SSSR count). The second-order valence-corrected chi connectivity index (χ2v) is 5.80. The Morgan fingerprint density at radius 1 is 0.957 bits per heavy atom. The molecule has 0 aromatic heterocycles. The van der Waals surface area contributed by atoms with Crippen molar-refractivity contribution in [2.45, 2.75) is 31.6 Å². The molecular formula is C20H23NOU. The van der Waals surface area contributed by atoms with Gasteiger partial charge in [0.2, 0.25) is 5.91 Å². The van der Waals surface area contributed by atoms with Crippen molar-refractivity contribution in [3.63, 3.8) is 0 Å². The molecule has 0 aliphatic heterocycles. The Kier molecular flexibility index (Phi) is 9.29. The maximum atomic E-state index is 11.3. The van der Waals surface area contributed by atoms with Gasteiger partial charge in [0.05, 0.1) is 0 Å². The Morgan fingerprint density at radius 2 is 1.43 bits per heavy atom. The topological polar surface area (TPSA) is 20.3 Å². The summed E-state index contributed by atoms with van der Waals surface area (Å²) in [4.78, 5) is 12.8. The molecule has 2 aromatic carbocycles. The Balaban J connectivity index is 0.000000220. The van der Waals surface area contributed by atoms with Gasteiger partial charge < -0.3 is 4.90 Å². The number of hydrogen-bond donors (Lipinski definition) is 0. The van der Waals surface area contributed by atoms with Crippen molar-refractivity contribution in [1.82, 2.24) is 4.90 Å². The first-order chi connectivity index (χ1) is 10.7. The SMILES string of the molecule is CN(C)C(=O)c1cc[c-]cc1.[U+2].[c-]1ccc(C2CCCC2)cc1. The number of benzene rings is 2. The van der Waals surface area contributed by atoms with E-state index < -0.39 is 0 Å². The van der Waals surface area contributed by atoms with E-state index in [1.54, 1.807) is 43.3 Å². The zero-order chi connectivity index (χ0) is 15.8. The first-order valence-electron chi connectivity index (χ1n) is 7.82. The number of rotatable bonds is 2. The third-order valence-electron chi connectivity index (χ3n) is 3.94. The molecule has 0 heterocycles. The minimum absolute atomic E-state index is 0. The molecule has 2 nitrogen and oxygen atoms in total. The molecule has 0 bridgehead atoms. The quantitative estimate of drug-likeness (QED) is 0.529. The molecule has 1 fully saturated rings. The maximum absolute atomic E-state index is 11.3. The van der Waals surface area contributed by atoms with Crippen LogP contribution in [-0.4, -0.2) is 24.9 Å². The Labute approximate surface area is 163 Å². The van der Waals surface area contributed by atoms with Crippen LogP contribution < -0.4 is 0 Å². The summed E-state index contributed by atoms with van der Waals surface area (Å²) in [5, 5.41) is 0. The maximum Gasteiger partial charge on any atom is 2.00 e. The Hall–Kier alpha value is -1.04. The van der Waals surface area contributed by atoms with Crippen LogP contribution in [0.25, 0.3) is 0 Å². The van der Waals surface area contributed by atoms with Crippen molar-refractivity contribution in [1.29, 1.82) is 0 Å². The first kappa shape index (κ1) is 20.0. The van der Waals surface area contributed by atoms with E-state index in [-0.39, 0.29) is 37.0 Å². The molecular weight excluding hydrogens is 508 g/mol. The van der Waals surface area contributed by atoms with Gasteiger partial charge in [-0.25, -0.2) is 0 Å². The van der Waals surface area contributed by atoms with Crippen molar-refractivity contribution < 1.29 is 35.9 Å². The van der Waals surface area contributed by atoms with E-state index in [4.69, 9.17) is 0 Å². The molecule has 2 aromatic rings. The van der Waals surface area contributed by atoms with Gasteiger partial charge in [0, 0.05) is 14.1 Å². The van der Waals surface area contributed by atoms with Gasteiger partial charge in [-0.05, 0) is 18.8 Å². The molecule has 23 heavy (non-hydrogen) atoms. The van der Waals surface area contributed by atoms with Crippen LogP contribution in [0.3, 0.4) is 0 Å². The number of carbonyl (C=O) groups excluding carboxylic acids is 1. The molecule has 1 saturated carbocycles. The average molecular weight is 531 g/mol. The summed E-state index contributed by atoms with van der Waals surface area (Å²) in [5.41, 5.74) is 2.22. The van der Waals surface area contributed by atoms with E-state index >= 15 is 0 Å². The predicted octanol–water partition coefficient (Wildman–Crippen LogP) is 4.33. The van der Waals surface area contributed by atoms with Gasteiger partial charge in [-0.1, -0.05) is 18.4 Å². The molecule has 0 unspecified atom stereocenters. The minimum Gasteiger partial charge on any atom is -0.347 e. The molecule has 3 heteroatoms. The van der Waals surface area contributed by atoms with E-state index in [0.29, 0.717) is 5.56 Å². The van der Waals surface area contributed by atoms with Gasteiger partial charge in [0.1, 0.15) is 0 Å². The van der Waals surface area contributed by atoms with E-state index in [9.17, 15) is 4.79 Å². The van der Waals surface area contributed by atoms with Crippen molar-refractivity contribution in [2.24, 2.45) is 0 Å². The molecule has 118 valence electrons. The largest absolute Gasteiger partial charge is 2.00 e. The fourth-order valence-corrected chi connectivity index (χ4v) is 2.72. The fourth-order valence-electron chi connectivity index (χ4n) is 2.72. The zero-order valence-electron chi connectivity index (χ0n) is 13.9. The first-order valence-corrected chi connectivity index (χ1v) is 7.82. The van der Waals surface area contributed by atoms with E-state index in [1.165, 1.54) is 31.2 Å². The Bertz CT molecular complexity index is 563. The number of nitrogens with zero attached hydrogens (tertiary/aromatic N) is 1. The van der Waals surface area contributed by atoms with Gasteiger partial charge in [-0.2, -0.15) is 66.2 Å². The average Bonchev–Trinajstić information content (AvgIpc) is 3.11. The summed E-state index contributed by atoms with van der Waals surface area (Å²) in [5.74, 6) is 0.878. The minimum atomic E-state index is 0. The van der Waals surface area contributed by atoms with Crippen molar-refractivity contribution in [2.75, 3.05) is 14.1 Å². The van der Waals surface area contributed by atoms with Gasteiger partial charge in [0.25, 0.3) is 0 Å². The van der Waals surface area contributed by atoms with Crippen molar-refractivity contribution in [3.8, 4) is 0 Å². The summed E-state index contributed by atoms with van der Waals surface area (Å²) in [6, 6.07) is 21.3. The van der Waals surface area contributed by atoms with Gasteiger partial charge in [-0.3, -0.25) is 4.79 Å². The van der Waals surface area contributed by atoms with Crippen LogP contribution >= 0.6 is 0 Å². The summed E-state index contributed by atoms with van der Waals surface area (Å²) < 4.78 is 0. The van der Waals surface area contributed by atoms with Crippen molar-refractivity contribution >= 4 is 5.91 Å². The molecule has 0 N–H and O–H groups in total. The monoisotopic (exact) mass is 531 g/mol. The molecule has 0 saturated heterocycles. The second kappa shape index (κ2) is 10.7. The van der Waals surface area contributed by atoms with Crippen LogP contribution in [0.2, 0.25) is 0 Å². The summed E-state index contributed by atoms with van der Waals surface area (Å²) in [7, 11) is 3.47. The number of amides is 1. The standard InChI is InChI=1S/C11H13.C9H10NO.U/c1-2-6-10(7-3-1)11-8-4-5-9-11;1-10(2)9(11)8-6-4-3-5-7-8;/h2-3,6-7,11H,4-5,8-9H2;4-7H,1-2H3;/q2*-1;+2. The molecule has 1 aliphatic carbocycles. The number of hydrogen-bond acceptors (Lipinski definition) is 1. The fraction of sp³-hybridized carbons (Fsp3) is 0.350.